The van der Waals surface area contributed by atoms with Crippen molar-refractivity contribution in [1.29, 1.82) is 5.26 Å². The van der Waals surface area contributed by atoms with Crippen LogP contribution in [0.1, 0.15) is 12.0 Å². The molecule has 7 heteroatoms. The first-order chi connectivity index (χ1) is 8.52. The molecule has 0 bridgehead atoms. The zero-order valence-electron chi connectivity index (χ0n) is 9.24. The van der Waals surface area contributed by atoms with E-state index >= 15 is 0 Å². The summed E-state index contributed by atoms with van der Waals surface area (Å²) >= 11 is 10.8. The highest BCUT2D eigenvalue weighted by atomic mass is 35.5. The van der Waals surface area contributed by atoms with Gasteiger partial charge >= 0.3 is 5.97 Å². The quantitative estimate of drug-likeness (QED) is 0.733. The smallest absolute Gasteiger partial charge is 0.305 e. The largest absolute Gasteiger partial charge is 0.481 e. The van der Waals surface area contributed by atoms with Crippen LogP contribution in [-0.2, 0) is 4.79 Å². The lowest BCUT2D eigenvalue weighted by atomic mass is 10.2. The number of carboxylic acids is 1. The monoisotopic (exact) mass is 283 g/mol. The van der Waals surface area contributed by atoms with Crippen LogP contribution in [0.2, 0.25) is 5.02 Å². The molecular weight excluding hydrogens is 274 g/mol. The predicted molar refractivity (Wildman–Crippen MR) is 72.6 cm³/mol. The van der Waals surface area contributed by atoms with Crippen LogP contribution in [0.3, 0.4) is 0 Å². The van der Waals surface area contributed by atoms with Crippen LogP contribution in [0.15, 0.2) is 18.2 Å². The van der Waals surface area contributed by atoms with Crippen LogP contribution in [0.25, 0.3) is 0 Å². The Labute approximate surface area is 114 Å². The maximum Gasteiger partial charge on any atom is 0.305 e. The van der Waals surface area contributed by atoms with E-state index in [2.05, 4.69) is 10.6 Å². The van der Waals surface area contributed by atoms with Gasteiger partial charge in [-0.1, -0.05) is 11.6 Å². The minimum absolute atomic E-state index is 0.0179. The van der Waals surface area contributed by atoms with Crippen molar-refractivity contribution in [2.45, 2.75) is 6.42 Å². The second kappa shape index (κ2) is 6.79. The molecule has 1 rings (SSSR count). The molecule has 0 fully saturated rings. The Hall–Kier alpha value is -1.84. The van der Waals surface area contributed by atoms with Gasteiger partial charge in [0.2, 0.25) is 0 Å². The van der Waals surface area contributed by atoms with Crippen LogP contribution in [0.5, 0.6) is 0 Å². The fourth-order valence-electron chi connectivity index (χ4n) is 1.14. The molecule has 0 aromatic heterocycles. The molecule has 0 aliphatic carbocycles. The van der Waals surface area contributed by atoms with Crippen molar-refractivity contribution in [2.24, 2.45) is 0 Å². The number of halogens is 1. The van der Waals surface area contributed by atoms with Gasteiger partial charge in [0.15, 0.2) is 5.11 Å². The maximum atomic E-state index is 10.3. The Bertz CT molecular complexity index is 514. The molecule has 5 nitrogen and oxygen atoms in total. The summed E-state index contributed by atoms with van der Waals surface area (Å²) < 4.78 is 0. The Morgan fingerprint density at radius 3 is 2.83 bits per heavy atom. The fourth-order valence-corrected chi connectivity index (χ4v) is 1.58. The van der Waals surface area contributed by atoms with Crippen molar-refractivity contribution >= 4 is 40.6 Å². The number of aliphatic carboxylic acids is 1. The average molecular weight is 284 g/mol. The molecule has 18 heavy (non-hydrogen) atoms. The van der Waals surface area contributed by atoms with Gasteiger partial charge in [-0.15, -0.1) is 0 Å². The Morgan fingerprint density at radius 1 is 1.56 bits per heavy atom. The van der Waals surface area contributed by atoms with E-state index in [9.17, 15) is 4.79 Å². The summed E-state index contributed by atoms with van der Waals surface area (Å²) in [6.07, 6.45) is -0.0179. The van der Waals surface area contributed by atoms with Gasteiger partial charge in [0.05, 0.1) is 17.0 Å². The van der Waals surface area contributed by atoms with Crippen molar-refractivity contribution in [1.82, 2.24) is 5.32 Å². The normalized spacial score (nSPS) is 9.33. The predicted octanol–water partition coefficient (Wildman–Crippen LogP) is 1.97. The van der Waals surface area contributed by atoms with E-state index in [0.717, 1.165) is 0 Å². The fraction of sp³-hybridized carbons (Fsp3) is 0.182. The Kier molecular flexibility index (Phi) is 5.36. The third kappa shape index (κ3) is 4.57. The number of rotatable bonds is 4. The summed E-state index contributed by atoms with van der Waals surface area (Å²) in [5.74, 6) is -0.897. The molecule has 0 aliphatic heterocycles. The van der Waals surface area contributed by atoms with E-state index in [1.807, 2.05) is 6.07 Å². The number of carboxylic acid groups (broad SMARTS) is 1. The van der Waals surface area contributed by atoms with E-state index in [1.165, 1.54) is 0 Å². The van der Waals surface area contributed by atoms with E-state index in [0.29, 0.717) is 21.4 Å². The molecule has 0 unspecified atom stereocenters. The Balaban J connectivity index is 2.52. The molecule has 94 valence electrons. The number of nitrogens with zero attached hydrogens (tertiary/aromatic N) is 1. The number of hydrogen-bond acceptors (Lipinski definition) is 3. The van der Waals surface area contributed by atoms with Gasteiger partial charge in [0, 0.05) is 12.2 Å². The summed E-state index contributed by atoms with van der Waals surface area (Å²) in [4.78, 5) is 10.3. The van der Waals surface area contributed by atoms with E-state index in [1.54, 1.807) is 18.2 Å². The molecular formula is C11H10ClN3O2S. The molecule has 0 heterocycles. The van der Waals surface area contributed by atoms with Crippen LogP contribution < -0.4 is 10.6 Å². The third-order valence-corrected chi connectivity index (χ3v) is 2.53. The minimum Gasteiger partial charge on any atom is -0.481 e. The number of thiocarbonyl (C=S) groups is 1. The van der Waals surface area contributed by atoms with E-state index < -0.39 is 5.97 Å². The molecule has 0 aliphatic rings. The number of nitriles is 1. The average Bonchev–Trinajstić information content (AvgIpc) is 2.28. The van der Waals surface area contributed by atoms with Gasteiger partial charge in [-0.2, -0.15) is 5.26 Å². The molecule has 0 saturated heterocycles. The minimum atomic E-state index is -0.897. The second-order valence-corrected chi connectivity index (χ2v) is 4.15. The van der Waals surface area contributed by atoms with Crippen LogP contribution in [0, 0.1) is 11.3 Å². The highest BCUT2D eigenvalue weighted by Crippen LogP contribution is 2.19. The van der Waals surface area contributed by atoms with Crippen LogP contribution >= 0.6 is 23.8 Å². The summed E-state index contributed by atoms with van der Waals surface area (Å²) in [5, 5.41) is 23.4. The van der Waals surface area contributed by atoms with Crippen molar-refractivity contribution in [3.63, 3.8) is 0 Å². The molecule has 0 radical (unpaired) electrons. The van der Waals surface area contributed by atoms with Crippen molar-refractivity contribution in [3.8, 4) is 6.07 Å². The number of hydrogen-bond donors (Lipinski definition) is 3. The third-order valence-electron chi connectivity index (χ3n) is 1.97. The molecule has 1 aromatic carbocycles. The number of nitrogens with one attached hydrogen (secondary N) is 2. The van der Waals surface area contributed by atoms with Gasteiger partial charge in [-0.3, -0.25) is 4.79 Å². The molecule has 0 saturated carbocycles. The molecule has 0 atom stereocenters. The number of carbonyl (C=O) groups is 1. The number of benzene rings is 1. The summed E-state index contributed by atoms with van der Waals surface area (Å²) in [6, 6.07) is 6.76. The van der Waals surface area contributed by atoms with Crippen LogP contribution in [0.4, 0.5) is 5.69 Å². The first-order valence-electron chi connectivity index (χ1n) is 4.99. The highest BCUT2D eigenvalue weighted by molar-refractivity contribution is 7.80. The van der Waals surface area contributed by atoms with Crippen molar-refractivity contribution in [3.05, 3.63) is 28.8 Å². The summed E-state index contributed by atoms with van der Waals surface area (Å²) in [7, 11) is 0. The first-order valence-corrected chi connectivity index (χ1v) is 5.78. The first kappa shape index (κ1) is 14.2. The maximum absolute atomic E-state index is 10.3. The SMILES string of the molecule is N#Cc1ccc(NC(=S)NCCC(=O)O)cc1Cl. The molecule has 0 spiro atoms. The van der Waals surface area contributed by atoms with Crippen molar-refractivity contribution < 1.29 is 9.90 Å². The summed E-state index contributed by atoms with van der Waals surface area (Å²) in [6.45, 7) is 0.241. The van der Waals surface area contributed by atoms with Gasteiger partial charge in [0.1, 0.15) is 6.07 Å². The Morgan fingerprint density at radius 2 is 2.28 bits per heavy atom. The zero-order chi connectivity index (χ0) is 13.5. The molecule has 0 amide bonds. The number of anilines is 1. The lowest BCUT2D eigenvalue weighted by Crippen LogP contribution is -2.30. The van der Waals surface area contributed by atoms with E-state index in [4.69, 9.17) is 34.2 Å². The highest BCUT2D eigenvalue weighted by Gasteiger charge is 2.03. The topological polar surface area (TPSA) is 85.2 Å². The van der Waals surface area contributed by atoms with Crippen molar-refractivity contribution in [2.75, 3.05) is 11.9 Å². The van der Waals surface area contributed by atoms with Crippen LogP contribution in [-0.4, -0.2) is 22.7 Å². The molecule has 3 N–H and O–H groups in total. The lowest BCUT2D eigenvalue weighted by Gasteiger charge is -2.10. The second-order valence-electron chi connectivity index (χ2n) is 3.33. The molecule has 1 aromatic rings. The van der Waals surface area contributed by atoms with Gasteiger partial charge in [0.25, 0.3) is 0 Å². The van der Waals surface area contributed by atoms with Gasteiger partial charge in [-0.05, 0) is 30.4 Å². The van der Waals surface area contributed by atoms with Gasteiger partial charge in [-0.25, -0.2) is 0 Å². The zero-order valence-corrected chi connectivity index (χ0v) is 10.8. The summed E-state index contributed by atoms with van der Waals surface area (Å²) in [5.41, 5.74) is 1.01. The van der Waals surface area contributed by atoms with E-state index in [-0.39, 0.29) is 13.0 Å². The van der Waals surface area contributed by atoms with Gasteiger partial charge < -0.3 is 15.7 Å². The lowest BCUT2D eigenvalue weighted by molar-refractivity contribution is -0.136. The standard InChI is InChI=1S/C11H10ClN3O2S/c12-9-5-8(2-1-7(9)6-13)15-11(18)14-4-3-10(16)17/h1-2,5H,3-4H2,(H,16,17)(H2,14,15,18).